The molecule has 100 heavy (non-hydrogen) atoms. The van der Waals surface area contributed by atoms with E-state index in [1.807, 2.05) is 0 Å². The summed E-state index contributed by atoms with van der Waals surface area (Å²) < 4.78 is 0. The third-order valence-electron chi connectivity index (χ3n) is 25.9. The van der Waals surface area contributed by atoms with Gasteiger partial charge in [0.2, 0.25) is 0 Å². The predicted molar refractivity (Wildman–Crippen MR) is 471 cm³/mol. The van der Waals surface area contributed by atoms with E-state index in [1.54, 1.807) is 20.7 Å². The molecule has 0 spiro atoms. The van der Waals surface area contributed by atoms with Gasteiger partial charge in [-0.2, -0.15) is 0 Å². The third-order valence-corrected chi connectivity index (χ3v) is 56.0. The van der Waals surface area contributed by atoms with Gasteiger partial charge in [0.25, 0.3) is 0 Å². The molecule has 7 aromatic rings. The molecule has 0 heterocycles. The highest BCUT2D eigenvalue weighted by atomic mass is 28.3. The van der Waals surface area contributed by atoms with Gasteiger partial charge in [-0.3, -0.25) is 0 Å². The molecule has 0 atom stereocenters. The summed E-state index contributed by atoms with van der Waals surface area (Å²) in [7, 11) is -11.3. The van der Waals surface area contributed by atoms with E-state index in [2.05, 4.69) is 394 Å². The topological polar surface area (TPSA) is 6.48 Å². The minimum absolute atomic E-state index is 0.105. The molecule has 7 heteroatoms. The van der Waals surface area contributed by atoms with Gasteiger partial charge in [0.05, 0.1) is 51.7 Å². The number of benzene rings is 7. The molecule has 0 aliphatic rings. The van der Waals surface area contributed by atoms with E-state index in [4.69, 9.17) is 0 Å². The molecular formula is C93H148N2Si5. The molecule has 7 rings (SSSR count). The van der Waals surface area contributed by atoms with Crippen LogP contribution >= 0.6 is 0 Å². The maximum Gasteiger partial charge on any atom is 0.0943 e. The standard InChI is InChI=1S/C93H148N2Si5/c1-59(2)97(60(3)4,61(5)6)80-53-77(54-81(57-80)98(62(7)8,63(9)10)64(11)12)94(75-47-72(91(28,29)30)46-73(48-75)92(31,32)33)89-85-43-41-40-42-84(85)88(86-45-44-71(51-87(86)89)90(25,26)27)95(76-49-74(93(34,35)36)50-79(52-76)96(37,38)39)78-55-82(99(65(13)14,66(15)16)67(17)18)58-83(56-78)100(68(19)20,69(21)22)70(23)24/h40-70H,1-39H3. The van der Waals surface area contributed by atoms with Crippen LogP contribution in [0, 0.1) is 0 Å². The number of anilines is 6. The van der Waals surface area contributed by atoms with Crippen LogP contribution in [-0.4, -0.2) is 40.4 Å². The van der Waals surface area contributed by atoms with E-state index < -0.39 is 40.4 Å². The third kappa shape index (κ3) is 14.8. The van der Waals surface area contributed by atoms with Crippen LogP contribution in [0.3, 0.4) is 0 Å². The van der Waals surface area contributed by atoms with Gasteiger partial charge in [-0.1, -0.05) is 355 Å². The molecule has 0 aliphatic carbocycles. The minimum atomic E-state index is -2.34. The van der Waals surface area contributed by atoms with E-state index >= 15 is 0 Å². The summed E-state index contributed by atoms with van der Waals surface area (Å²) >= 11 is 0. The van der Waals surface area contributed by atoms with Gasteiger partial charge in [0, 0.05) is 44.3 Å². The molecule has 0 saturated heterocycles. The Morgan fingerprint density at radius 2 is 0.460 bits per heavy atom. The molecular weight excluding hydrogens is 1290 g/mol. The van der Waals surface area contributed by atoms with Crippen molar-refractivity contribution in [3.05, 3.63) is 138 Å². The van der Waals surface area contributed by atoms with Gasteiger partial charge in [0.1, 0.15) is 0 Å². The maximum atomic E-state index is 2.89. The van der Waals surface area contributed by atoms with Gasteiger partial charge in [-0.15, -0.1) is 0 Å². The summed E-state index contributed by atoms with van der Waals surface area (Å²) in [5.74, 6) is 0. The molecule has 0 aliphatic heterocycles. The number of hydrogen-bond donors (Lipinski definition) is 0. The average molecular weight is 1430 g/mol. The molecule has 0 radical (unpaired) electrons. The monoisotopic (exact) mass is 1430 g/mol. The number of fused-ring (bicyclic) bond motifs is 2. The van der Waals surface area contributed by atoms with E-state index in [1.165, 1.54) is 83.1 Å². The zero-order valence-electron chi connectivity index (χ0n) is 71.8. The van der Waals surface area contributed by atoms with Gasteiger partial charge < -0.3 is 9.80 Å². The van der Waals surface area contributed by atoms with E-state index in [-0.39, 0.29) is 21.7 Å². The summed E-state index contributed by atoms with van der Waals surface area (Å²) in [6, 6.07) is 50.3. The number of hydrogen-bond acceptors (Lipinski definition) is 2. The maximum absolute atomic E-state index is 2.89. The normalized spacial score (nSPS) is 14.0. The Morgan fingerprint density at radius 3 is 0.720 bits per heavy atom. The second kappa shape index (κ2) is 29.6. The van der Waals surface area contributed by atoms with Crippen LogP contribution in [0.15, 0.2) is 115 Å². The molecule has 0 saturated carbocycles. The van der Waals surface area contributed by atoms with Crippen molar-refractivity contribution in [1.29, 1.82) is 0 Å². The van der Waals surface area contributed by atoms with Gasteiger partial charge in [-0.05, 0) is 165 Å². The SMILES string of the molecule is CC(C)[Si](c1cc(N(c2cc(C(C)(C)C)cc([Si](C)(C)C)c2)c2c3ccccc3c(N(c3cc(C(C)(C)C)cc(C(C)(C)C)c3)c3cc([Si](C(C)C)(C(C)C)C(C)C)cc([Si](C(C)C)(C(C)C)C(C)C)c3)c3cc(C(C)(C)C)ccc23)cc([Si](C(C)C)(C(C)C)C(C)C)c1)(C(C)C)C(C)C. The molecule has 2 nitrogen and oxygen atoms in total. The molecule has 550 valence electrons. The van der Waals surface area contributed by atoms with Crippen molar-refractivity contribution in [1.82, 2.24) is 0 Å². The molecule has 0 N–H and O–H groups in total. The first-order chi connectivity index (χ1) is 45.7. The van der Waals surface area contributed by atoms with Crippen molar-refractivity contribution in [2.45, 2.75) is 357 Å². The summed E-state index contributed by atoms with van der Waals surface area (Å²) in [4.78, 5) is 5.77. The molecule has 0 bridgehead atoms. The lowest BCUT2D eigenvalue weighted by atomic mass is 9.80. The van der Waals surface area contributed by atoms with Crippen LogP contribution in [0.4, 0.5) is 34.1 Å². The van der Waals surface area contributed by atoms with E-state index in [0.29, 0.717) is 66.5 Å². The Kier molecular flexibility index (Phi) is 24.6. The average Bonchev–Trinajstić information content (AvgIpc) is 0.712. The second-order valence-corrected chi connectivity index (χ2v) is 69.3. The Bertz CT molecular complexity index is 3750. The van der Waals surface area contributed by atoms with Crippen LogP contribution in [0.2, 0.25) is 86.1 Å². The fourth-order valence-electron chi connectivity index (χ4n) is 21.6. The summed E-state index contributed by atoms with van der Waals surface area (Å²) in [6.45, 7) is 99.1. The van der Waals surface area contributed by atoms with Crippen molar-refractivity contribution >= 4 is 122 Å². The van der Waals surface area contributed by atoms with Gasteiger partial charge in [-0.25, -0.2) is 0 Å². The first-order valence-electron chi connectivity index (χ1n) is 39.9. The van der Waals surface area contributed by atoms with Crippen LogP contribution in [0.25, 0.3) is 21.5 Å². The smallest absolute Gasteiger partial charge is 0.0943 e. The highest BCUT2D eigenvalue weighted by Gasteiger charge is 2.51. The fraction of sp³-hybridized carbons (Fsp3) is 0.591. The zero-order valence-corrected chi connectivity index (χ0v) is 76.8. The lowest BCUT2D eigenvalue weighted by Gasteiger charge is -2.48. The van der Waals surface area contributed by atoms with Gasteiger partial charge in [0.15, 0.2) is 0 Å². The Labute approximate surface area is 622 Å². The number of rotatable bonds is 23. The van der Waals surface area contributed by atoms with Crippen molar-refractivity contribution < 1.29 is 0 Å². The summed E-state index contributed by atoms with van der Waals surface area (Å²) in [5.41, 5.74) is 19.0. The largest absolute Gasteiger partial charge is 0.309 e. The van der Waals surface area contributed by atoms with Crippen LogP contribution in [0.5, 0.6) is 0 Å². The number of nitrogens with zero attached hydrogens (tertiary/aromatic N) is 2. The second-order valence-electron chi connectivity index (χ2n) is 40.6. The molecule has 0 fully saturated rings. The Balaban J connectivity index is 1.98. The van der Waals surface area contributed by atoms with E-state index in [9.17, 15) is 0 Å². The summed E-state index contributed by atoms with van der Waals surface area (Å²) in [6.07, 6.45) is 0. The van der Waals surface area contributed by atoms with Gasteiger partial charge >= 0.3 is 0 Å². The Hall–Kier alpha value is -4.26. The highest BCUT2D eigenvalue weighted by molar-refractivity contribution is 6.99. The van der Waals surface area contributed by atoms with Crippen molar-refractivity contribution in [2.24, 2.45) is 0 Å². The van der Waals surface area contributed by atoms with Crippen LogP contribution in [0.1, 0.15) is 272 Å². The predicted octanol–water partition coefficient (Wildman–Crippen LogP) is 28.2. The lowest BCUT2D eigenvalue weighted by Crippen LogP contribution is -2.60. The van der Waals surface area contributed by atoms with Crippen molar-refractivity contribution in [2.75, 3.05) is 9.80 Å². The molecule has 0 unspecified atom stereocenters. The van der Waals surface area contributed by atoms with Crippen LogP contribution < -0.4 is 35.7 Å². The lowest BCUT2D eigenvalue weighted by molar-refractivity contribution is 0.569. The highest BCUT2D eigenvalue weighted by Crippen LogP contribution is 2.55. The summed E-state index contributed by atoms with van der Waals surface area (Å²) in [5, 5.41) is 13.2. The minimum Gasteiger partial charge on any atom is -0.309 e. The van der Waals surface area contributed by atoms with Crippen molar-refractivity contribution in [3.8, 4) is 0 Å². The first-order valence-corrected chi connectivity index (χ1v) is 52.3. The molecule has 0 aromatic heterocycles. The fourth-order valence-corrected chi connectivity index (χ4v) is 50.3. The van der Waals surface area contributed by atoms with E-state index in [0.717, 1.165) is 0 Å². The Morgan fingerprint density at radius 1 is 0.230 bits per heavy atom. The molecule has 7 aromatic carbocycles. The van der Waals surface area contributed by atoms with Crippen molar-refractivity contribution in [3.63, 3.8) is 0 Å². The quantitative estimate of drug-likeness (QED) is 0.0358. The first kappa shape index (κ1) is 83.0. The molecule has 0 amide bonds. The zero-order chi connectivity index (χ0) is 76.0. The van der Waals surface area contributed by atoms with Crippen LogP contribution in [-0.2, 0) is 21.7 Å².